The van der Waals surface area contributed by atoms with E-state index in [-0.39, 0.29) is 11.3 Å². The highest BCUT2D eigenvalue weighted by atomic mass is 32.2. The molecule has 0 aliphatic carbocycles. The van der Waals surface area contributed by atoms with Crippen molar-refractivity contribution in [3.63, 3.8) is 0 Å². The fourth-order valence-electron chi connectivity index (χ4n) is 1.07. The summed E-state index contributed by atoms with van der Waals surface area (Å²) < 4.78 is 0. The Bertz CT molecular complexity index is 176. The second kappa shape index (κ2) is 3.92. The molecular formula is C8H15NOS2. The molecular weight excluding hydrogens is 190 g/mol. The van der Waals surface area contributed by atoms with Gasteiger partial charge in [0.15, 0.2) is 0 Å². The molecule has 2 nitrogen and oxygen atoms in total. The first-order valence-corrected chi connectivity index (χ1v) is 5.84. The molecule has 0 unspecified atom stereocenters. The van der Waals surface area contributed by atoms with E-state index < -0.39 is 0 Å². The predicted molar refractivity (Wildman–Crippen MR) is 56.7 cm³/mol. The van der Waals surface area contributed by atoms with Crippen LogP contribution in [-0.4, -0.2) is 34.7 Å². The molecule has 1 fully saturated rings. The van der Waals surface area contributed by atoms with Crippen LogP contribution in [0.3, 0.4) is 0 Å². The van der Waals surface area contributed by atoms with E-state index in [1.54, 1.807) is 0 Å². The predicted octanol–water partition coefficient (Wildman–Crippen LogP) is 1.48. The molecule has 1 aliphatic heterocycles. The Morgan fingerprint density at radius 2 is 2.33 bits per heavy atom. The van der Waals surface area contributed by atoms with Gasteiger partial charge < -0.3 is 4.90 Å². The van der Waals surface area contributed by atoms with E-state index in [2.05, 4.69) is 12.6 Å². The van der Waals surface area contributed by atoms with Gasteiger partial charge in [-0.05, 0) is 0 Å². The van der Waals surface area contributed by atoms with Crippen molar-refractivity contribution in [2.75, 3.05) is 23.9 Å². The van der Waals surface area contributed by atoms with Gasteiger partial charge in [-0.2, -0.15) is 12.6 Å². The molecule has 1 aliphatic rings. The smallest absolute Gasteiger partial charge is 0.229 e. The highest BCUT2D eigenvalue weighted by Gasteiger charge is 2.31. The second-order valence-corrected chi connectivity index (χ2v) is 5.04. The molecule has 12 heavy (non-hydrogen) atoms. The first-order valence-electron chi connectivity index (χ1n) is 4.06. The van der Waals surface area contributed by atoms with Gasteiger partial charge in [0.1, 0.15) is 0 Å². The zero-order valence-corrected chi connectivity index (χ0v) is 9.25. The minimum atomic E-state index is -0.298. The van der Waals surface area contributed by atoms with E-state index in [1.807, 2.05) is 30.5 Å². The molecule has 0 radical (unpaired) electrons. The van der Waals surface area contributed by atoms with Gasteiger partial charge in [-0.1, -0.05) is 13.8 Å². The Kier molecular flexibility index (Phi) is 3.35. The van der Waals surface area contributed by atoms with Gasteiger partial charge in [-0.25, -0.2) is 0 Å². The summed E-state index contributed by atoms with van der Waals surface area (Å²) in [5.41, 5.74) is -0.298. The van der Waals surface area contributed by atoms with Crippen molar-refractivity contribution < 1.29 is 4.79 Å². The van der Waals surface area contributed by atoms with Gasteiger partial charge in [-0.15, -0.1) is 11.8 Å². The standard InChI is InChI=1S/C8H15NOS2/c1-8(2,5-11)7(10)9-3-4-12-6-9/h11H,3-6H2,1-2H3. The van der Waals surface area contributed by atoms with Crippen LogP contribution in [0.5, 0.6) is 0 Å². The van der Waals surface area contributed by atoms with Crippen molar-refractivity contribution in [1.29, 1.82) is 0 Å². The van der Waals surface area contributed by atoms with Crippen molar-refractivity contribution in [2.24, 2.45) is 5.41 Å². The highest BCUT2D eigenvalue weighted by molar-refractivity contribution is 7.99. The van der Waals surface area contributed by atoms with Gasteiger partial charge in [0, 0.05) is 18.1 Å². The third-order valence-corrected chi connectivity index (χ3v) is 3.77. The van der Waals surface area contributed by atoms with Crippen LogP contribution in [0.15, 0.2) is 0 Å². The van der Waals surface area contributed by atoms with Crippen LogP contribution in [-0.2, 0) is 4.79 Å². The molecule has 1 heterocycles. The fraction of sp³-hybridized carbons (Fsp3) is 0.875. The summed E-state index contributed by atoms with van der Waals surface area (Å²) in [6.07, 6.45) is 0. The molecule has 70 valence electrons. The topological polar surface area (TPSA) is 20.3 Å². The maximum absolute atomic E-state index is 11.8. The molecule has 1 amide bonds. The number of hydrogen-bond acceptors (Lipinski definition) is 3. The first kappa shape index (κ1) is 10.3. The van der Waals surface area contributed by atoms with E-state index in [1.165, 1.54) is 0 Å². The molecule has 0 aromatic carbocycles. The summed E-state index contributed by atoms with van der Waals surface area (Å²) in [5.74, 6) is 2.79. The summed E-state index contributed by atoms with van der Waals surface area (Å²) in [6, 6.07) is 0. The van der Waals surface area contributed by atoms with Gasteiger partial charge in [0.05, 0.1) is 11.3 Å². The quantitative estimate of drug-likeness (QED) is 0.689. The van der Waals surface area contributed by atoms with Gasteiger partial charge in [-0.3, -0.25) is 4.79 Å². The molecule has 0 aromatic rings. The largest absolute Gasteiger partial charge is 0.332 e. The van der Waals surface area contributed by atoms with Gasteiger partial charge in [0.2, 0.25) is 5.91 Å². The van der Waals surface area contributed by atoms with Crippen molar-refractivity contribution in [3.05, 3.63) is 0 Å². The fourth-order valence-corrected chi connectivity index (χ4v) is 2.15. The summed E-state index contributed by atoms with van der Waals surface area (Å²) in [5, 5.41) is 0. The highest BCUT2D eigenvalue weighted by Crippen LogP contribution is 2.24. The zero-order chi connectivity index (χ0) is 9.19. The number of amides is 1. The maximum atomic E-state index is 11.8. The Balaban J connectivity index is 2.56. The number of thiol groups is 1. The monoisotopic (exact) mass is 205 g/mol. The first-order chi connectivity index (χ1) is 5.58. The van der Waals surface area contributed by atoms with Crippen molar-refractivity contribution >= 4 is 30.3 Å². The Morgan fingerprint density at radius 1 is 1.67 bits per heavy atom. The number of nitrogens with zero attached hydrogens (tertiary/aromatic N) is 1. The average Bonchev–Trinajstić information content (AvgIpc) is 2.55. The van der Waals surface area contributed by atoms with E-state index in [0.717, 1.165) is 18.2 Å². The number of thioether (sulfide) groups is 1. The number of carbonyl (C=O) groups excluding carboxylic acids is 1. The van der Waals surface area contributed by atoms with Crippen LogP contribution in [0.1, 0.15) is 13.8 Å². The average molecular weight is 205 g/mol. The summed E-state index contributed by atoms with van der Waals surface area (Å²) in [4.78, 5) is 13.7. The lowest BCUT2D eigenvalue weighted by atomic mass is 9.94. The number of rotatable bonds is 2. The summed E-state index contributed by atoms with van der Waals surface area (Å²) >= 11 is 6.00. The lowest BCUT2D eigenvalue weighted by Gasteiger charge is -2.26. The lowest BCUT2D eigenvalue weighted by Crippen LogP contribution is -2.40. The summed E-state index contributed by atoms with van der Waals surface area (Å²) in [7, 11) is 0. The van der Waals surface area contributed by atoms with E-state index in [4.69, 9.17) is 0 Å². The second-order valence-electron chi connectivity index (χ2n) is 3.65. The minimum absolute atomic E-state index is 0.238. The molecule has 0 bridgehead atoms. The Morgan fingerprint density at radius 3 is 2.75 bits per heavy atom. The van der Waals surface area contributed by atoms with Crippen LogP contribution < -0.4 is 0 Å². The van der Waals surface area contributed by atoms with Gasteiger partial charge >= 0.3 is 0 Å². The molecule has 0 aromatic heterocycles. The van der Waals surface area contributed by atoms with E-state index >= 15 is 0 Å². The van der Waals surface area contributed by atoms with Crippen molar-refractivity contribution in [2.45, 2.75) is 13.8 Å². The Labute approximate surface area is 83.5 Å². The SMILES string of the molecule is CC(C)(CS)C(=O)N1CCSC1. The number of hydrogen-bond donors (Lipinski definition) is 1. The van der Waals surface area contributed by atoms with Crippen LogP contribution in [0.2, 0.25) is 0 Å². The minimum Gasteiger partial charge on any atom is -0.332 e. The third kappa shape index (κ3) is 2.10. The molecule has 0 atom stereocenters. The normalized spacial score (nSPS) is 18.4. The van der Waals surface area contributed by atoms with Crippen molar-refractivity contribution in [1.82, 2.24) is 4.90 Å². The van der Waals surface area contributed by atoms with Gasteiger partial charge in [0.25, 0.3) is 0 Å². The van der Waals surface area contributed by atoms with Crippen LogP contribution in [0.25, 0.3) is 0 Å². The lowest BCUT2D eigenvalue weighted by molar-refractivity contribution is -0.137. The zero-order valence-electron chi connectivity index (χ0n) is 7.54. The molecule has 4 heteroatoms. The molecule has 1 saturated heterocycles. The van der Waals surface area contributed by atoms with Crippen LogP contribution in [0, 0.1) is 5.41 Å². The Hall–Kier alpha value is 0.170. The number of carbonyl (C=O) groups is 1. The molecule has 0 saturated carbocycles. The van der Waals surface area contributed by atoms with Crippen molar-refractivity contribution in [3.8, 4) is 0 Å². The molecule has 0 spiro atoms. The van der Waals surface area contributed by atoms with E-state index in [0.29, 0.717) is 5.75 Å². The van der Waals surface area contributed by atoms with Crippen LogP contribution in [0.4, 0.5) is 0 Å². The third-order valence-electron chi connectivity index (χ3n) is 2.01. The van der Waals surface area contributed by atoms with Crippen LogP contribution >= 0.6 is 24.4 Å². The summed E-state index contributed by atoms with van der Waals surface area (Å²) in [6.45, 7) is 4.80. The maximum Gasteiger partial charge on any atom is 0.229 e. The van der Waals surface area contributed by atoms with E-state index in [9.17, 15) is 4.79 Å². The molecule has 0 N–H and O–H groups in total. The molecule has 1 rings (SSSR count).